The van der Waals surface area contributed by atoms with Crippen LogP contribution in [0, 0.1) is 5.92 Å². The molecule has 1 aromatic rings. The van der Waals surface area contributed by atoms with Crippen molar-refractivity contribution in [1.29, 1.82) is 0 Å². The lowest BCUT2D eigenvalue weighted by molar-refractivity contribution is 0.00274. The molecule has 2 nitrogen and oxygen atoms in total. The number of hydrogen-bond acceptors (Lipinski definition) is 2. The average Bonchev–Trinajstić information content (AvgIpc) is 2.53. The van der Waals surface area contributed by atoms with Crippen molar-refractivity contribution in [2.24, 2.45) is 5.92 Å². The van der Waals surface area contributed by atoms with E-state index < -0.39 is 6.98 Å². The maximum atomic E-state index is 7.94. The van der Waals surface area contributed by atoms with Crippen LogP contribution in [0.25, 0.3) is 0 Å². The number of rotatable bonds is 1. The van der Waals surface area contributed by atoms with Gasteiger partial charge in [0.05, 0.1) is 7.11 Å². The van der Waals surface area contributed by atoms with Crippen LogP contribution in [0.1, 0.15) is 47.3 Å². The van der Waals surface area contributed by atoms with Gasteiger partial charge in [0.15, 0.2) is 0 Å². The van der Waals surface area contributed by atoms with Gasteiger partial charge in [0.2, 0.25) is 0 Å². The van der Waals surface area contributed by atoms with Crippen LogP contribution in [-0.4, -0.2) is 31.6 Å². The highest BCUT2D eigenvalue weighted by Crippen LogP contribution is 2.55. The first kappa shape index (κ1) is 9.83. The summed E-state index contributed by atoms with van der Waals surface area (Å²) in [5.41, 5.74) is 2.96. The first-order valence-corrected chi connectivity index (χ1v) is 7.90. The van der Waals surface area contributed by atoms with E-state index in [9.17, 15) is 0 Å². The van der Waals surface area contributed by atoms with E-state index >= 15 is 0 Å². The lowest BCUT2D eigenvalue weighted by atomic mass is 9.52. The third-order valence-corrected chi connectivity index (χ3v) is 6.04. The Bertz CT molecular complexity index is 615. The number of benzene rings is 1. The number of methoxy groups -OCH3 is 1. The Morgan fingerprint density at radius 3 is 3.15 bits per heavy atom. The topological polar surface area (TPSA) is 12.5 Å². The van der Waals surface area contributed by atoms with Crippen molar-refractivity contribution < 1.29 is 8.85 Å². The zero-order valence-corrected chi connectivity index (χ0v) is 12.2. The second-order valence-electron chi connectivity index (χ2n) is 6.75. The number of piperidine rings is 1. The molecule has 1 saturated heterocycles. The SMILES string of the molecule is [2H]C([2H])([2H])N1CC[C@@]23CCCC[C@@H]2[C@@H]1Cc1ccc(OC)cc13. The Kier molecular flexibility index (Phi) is 2.21. The normalized spacial score (nSPS) is 39.0. The molecule has 1 aromatic carbocycles. The molecule has 1 aliphatic heterocycles. The minimum Gasteiger partial charge on any atom is -0.497 e. The summed E-state index contributed by atoms with van der Waals surface area (Å²) in [6.45, 7) is -1.29. The van der Waals surface area contributed by atoms with E-state index in [4.69, 9.17) is 8.85 Å². The number of likely N-dealkylation sites (tertiary alicyclic amines) is 1. The highest BCUT2D eigenvalue weighted by Gasteiger charge is 2.53. The maximum Gasteiger partial charge on any atom is 0.119 e. The van der Waals surface area contributed by atoms with E-state index in [0.717, 1.165) is 25.0 Å². The van der Waals surface area contributed by atoms with Crippen LogP contribution in [0.15, 0.2) is 18.2 Å². The zero-order valence-electron chi connectivity index (χ0n) is 15.2. The molecule has 108 valence electrons. The van der Waals surface area contributed by atoms with Gasteiger partial charge in [0, 0.05) is 15.6 Å². The monoisotopic (exact) mass is 274 g/mol. The van der Waals surface area contributed by atoms with Crippen molar-refractivity contribution >= 4 is 0 Å². The number of ether oxygens (including phenoxy) is 1. The molecule has 3 aliphatic rings. The van der Waals surface area contributed by atoms with Crippen LogP contribution in [0.4, 0.5) is 0 Å². The van der Waals surface area contributed by atoms with Crippen LogP contribution in [-0.2, 0) is 11.8 Å². The molecule has 1 heterocycles. The van der Waals surface area contributed by atoms with Crippen LogP contribution in [0.2, 0.25) is 0 Å². The highest BCUT2D eigenvalue weighted by atomic mass is 16.5. The molecule has 0 spiro atoms. The fraction of sp³-hybridized carbons (Fsp3) is 0.667. The van der Waals surface area contributed by atoms with Gasteiger partial charge in [0.25, 0.3) is 0 Å². The predicted molar refractivity (Wildman–Crippen MR) is 81.4 cm³/mol. The summed E-state index contributed by atoms with van der Waals surface area (Å²) in [5.74, 6) is 1.41. The third kappa shape index (κ3) is 1.60. The average molecular weight is 274 g/mol. The summed E-state index contributed by atoms with van der Waals surface area (Å²) in [4.78, 5) is 1.81. The first-order chi connectivity index (χ1) is 11.0. The maximum absolute atomic E-state index is 7.94. The summed E-state index contributed by atoms with van der Waals surface area (Å²) < 4.78 is 29.3. The number of fused-ring (bicyclic) bond motifs is 1. The zero-order chi connectivity index (χ0) is 16.2. The van der Waals surface area contributed by atoms with E-state index in [2.05, 4.69) is 12.1 Å². The van der Waals surface area contributed by atoms with Crippen molar-refractivity contribution in [3.05, 3.63) is 29.3 Å². The summed E-state index contributed by atoms with van der Waals surface area (Å²) in [6.07, 6.45) is 6.68. The van der Waals surface area contributed by atoms with Gasteiger partial charge in [-0.2, -0.15) is 0 Å². The highest BCUT2D eigenvalue weighted by molar-refractivity contribution is 5.45. The molecule has 2 heteroatoms. The molecule has 0 N–H and O–H groups in total. The standard InChI is InChI=1S/C18H25NO/c1-19-10-9-18-8-4-3-5-15(18)17(19)11-13-6-7-14(20-2)12-16(13)18/h6-7,12,15,17H,3-5,8-11H2,1-2H3/t15-,17+,18+/m1/s1/i1D3. The Morgan fingerprint density at radius 2 is 2.30 bits per heavy atom. The minimum absolute atomic E-state index is 0.164. The second kappa shape index (κ2) is 4.49. The largest absolute Gasteiger partial charge is 0.497 e. The number of likely N-dealkylation sites (N-methyl/N-ethyl adjacent to an activating group) is 1. The molecular formula is C18H25NO. The van der Waals surface area contributed by atoms with Crippen LogP contribution < -0.4 is 4.74 Å². The van der Waals surface area contributed by atoms with Gasteiger partial charge in [-0.15, -0.1) is 0 Å². The van der Waals surface area contributed by atoms with E-state index in [1.165, 1.54) is 30.4 Å². The molecule has 0 amide bonds. The summed E-state index contributed by atoms with van der Waals surface area (Å²) in [7, 11) is 1.72. The second-order valence-corrected chi connectivity index (χ2v) is 6.75. The van der Waals surface area contributed by atoms with E-state index in [0.29, 0.717) is 12.5 Å². The third-order valence-electron chi connectivity index (χ3n) is 6.04. The molecule has 2 fully saturated rings. The lowest BCUT2D eigenvalue weighted by Crippen LogP contribution is -2.59. The van der Waals surface area contributed by atoms with Gasteiger partial charge in [-0.1, -0.05) is 18.9 Å². The summed E-state index contributed by atoms with van der Waals surface area (Å²) in [5, 5.41) is 0. The van der Waals surface area contributed by atoms with E-state index in [-0.39, 0.29) is 11.5 Å². The van der Waals surface area contributed by atoms with E-state index in [1.807, 2.05) is 11.0 Å². The molecule has 2 aliphatic carbocycles. The predicted octanol–water partition coefficient (Wildman–Crippen LogP) is 3.38. The Balaban J connectivity index is 1.84. The van der Waals surface area contributed by atoms with Crippen molar-refractivity contribution in [2.45, 2.75) is 50.0 Å². The molecule has 3 atom stereocenters. The Hall–Kier alpha value is -1.02. The minimum atomic E-state index is -1.97. The number of nitrogens with zero attached hydrogens (tertiary/aromatic N) is 1. The van der Waals surface area contributed by atoms with Crippen molar-refractivity contribution in [3.63, 3.8) is 0 Å². The molecule has 20 heavy (non-hydrogen) atoms. The molecule has 0 unspecified atom stereocenters. The first-order valence-electron chi connectivity index (χ1n) is 9.40. The molecule has 1 saturated carbocycles. The van der Waals surface area contributed by atoms with Gasteiger partial charge < -0.3 is 9.64 Å². The van der Waals surface area contributed by atoms with Crippen molar-refractivity contribution in [3.8, 4) is 5.75 Å². The molecule has 0 radical (unpaired) electrons. The molecular weight excluding hydrogens is 246 g/mol. The van der Waals surface area contributed by atoms with Gasteiger partial charge in [-0.25, -0.2) is 0 Å². The fourth-order valence-corrected chi connectivity index (χ4v) is 5.11. The smallest absolute Gasteiger partial charge is 0.119 e. The summed E-state index contributed by atoms with van der Waals surface area (Å²) >= 11 is 0. The molecule has 4 rings (SSSR count). The Labute approximate surface area is 126 Å². The summed E-state index contributed by atoms with van der Waals surface area (Å²) in [6, 6.07) is 6.58. The van der Waals surface area contributed by atoms with Crippen molar-refractivity contribution in [1.82, 2.24) is 4.90 Å². The molecule has 0 aromatic heterocycles. The van der Waals surface area contributed by atoms with E-state index in [1.54, 1.807) is 7.11 Å². The molecule has 2 bridgehead atoms. The van der Waals surface area contributed by atoms with Gasteiger partial charge >= 0.3 is 0 Å². The lowest BCUT2D eigenvalue weighted by Gasteiger charge is -2.58. The van der Waals surface area contributed by atoms with Gasteiger partial charge in [-0.3, -0.25) is 0 Å². The van der Waals surface area contributed by atoms with Gasteiger partial charge in [-0.05, 0) is 68.4 Å². The van der Waals surface area contributed by atoms with Crippen LogP contribution in [0.3, 0.4) is 0 Å². The number of hydrogen-bond donors (Lipinski definition) is 0. The van der Waals surface area contributed by atoms with Crippen LogP contribution in [0.5, 0.6) is 5.75 Å². The van der Waals surface area contributed by atoms with Crippen LogP contribution >= 0.6 is 0 Å². The fourth-order valence-electron chi connectivity index (χ4n) is 5.11. The van der Waals surface area contributed by atoms with Crippen molar-refractivity contribution in [2.75, 3.05) is 20.6 Å². The van der Waals surface area contributed by atoms with Gasteiger partial charge in [0.1, 0.15) is 5.75 Å². The Morgan fingerprint density at radius 1 is 1.35 bits per heavy atom. The quantitative estimate of drug-likeness (QED) is 0.778.